The van der Waals surface area contributed by atoms with Crippen molar-refractivity contribution in [2.75, 3.05) is 32.1 Å². The third-order valence-corrected chi connectivity index (χ3v) is 7.03. The minimum atomic E-state index is 0.104. The molecule has 0 aromatic heterocycles. The number of allylic oxidation sites excluding steroid dienone is 2. The van der Waals surface area contributed by atoms with Gasteiger partial charge in [-0.25, -0.2) is 0 Å². The Labute approximate surface area is 150 Å². The van der Waals surface area contributed by atoms with Gasteiger partial charge in [-0.2, -0.15) is 0 Å². The maximum absolute atomic E-state index is 5.77. The Kier molecular flexibility index (Phi) is 4.97. The molecule has 2 unspecified atom stereocenters. The zero-order valence-corrected chi connectivity index (χ0v) is 16.2. The molecule has 130 valence electrons. The molecule has 24 heavy (non-hydrogen) atoms. The lowest BCUT2D eigenvalue weighted by Gasteiger charge is -2.35. The SMILES string of the molecule is CCN(CC)c1ccc(C2SC3=CC=CCC3(C)N2C)c(OC)c1. The molecule has 1 aliphatic carbocycles. The van der Waals surface area contributed by atoms with Gasteiger partial charge in [0.05, 0.1) is 18.0 Å². The number of rotatable bonds is 5. The second kappa shape index (κ2) is 6.85. The Balaban J connectivity index is 1.95. The van der Waals surface area contributed by atoms with Crippen LogP contribution in [0.4, 0.5) is 5.69 Å². The van der Waals surface area contributed by atoms with Crippen LogP contribution in [0.3, 0.4) is 0 Å². The fraction of sp³-hybridized carbons (Fsp3) is 0.500. The molecule has 3 nitrogen and oxygen atoms in total. The highest BCUT2D eigenvalue weighted by atomic mass is 32.2. The zero-order chi connectivity index (χ0) is 17.3. The van der Waals surface area contributed by atoms with Crippen LogP contribution in [0.15, 0.2) is 41.3 Å². The summed E-state index contributed by atoms with van der Waals surface area (Å²) in [6.45, 7) is 8.73. The Bertz CT molecular complexity index is 666. The normalized spacial score (nSPS) is 26.2. The first-order chi connectivity index (χ1) is 11.5. The van der Waals surface area contributed by atoms with E-state index in [9.17, 15) is 0 Å². The van der Waals surface area contributed by atoms with Crippen molar-refractivity contribution in [3.63, 3.8) is 0 Å². The maximum atomic E-state index is 5.77. The van der Waals surface area contributed by atoms with E-state index >= 15 is 0 Å². The first kappa shape index (κ1) is 17.4. The van der Waals surface area contributed by atoms with Gasteiger partial charge in [-0.05, 0) is 40.3 Å². The smallest absolute Gasteiger partial charge is 0.126 e. The summed E-state index contributed by atoms with van der Waals surface area (Å²) in [7, 11) is 4.01. The molecule has 0 radical (unpaired) electrons. The molecular formula is C20H28N2OS. The predicted molar refractivity (Wildman–Crippen MR) is 105 cm³/mol. The summed E-state index contributed by atoms with van der Waals surface area (Å²) in [4.78, 5) is 6.29. The molecule has 1 heterocycles. The Morgan fingerprint density at radius 2 is 2.08 bits per heavy atom. The van der Waals surface area contributed by atoms with Crippen molar-refractivity contribution in [3.8, 4) is 5.75 Å². The summed E-state index contributed by atoms with van der Waals surface area (Å²) < 4.78 is 5.77. The highest BCUT2D eigenvalue weighted by molar-refractivity contribution is 8.03. The second-order valence-electron chi connectivity index (χ2n) is 6.62. The second-order valence-corrected chi connectivity index (χ2v) is 7.74. The van der Waals surface area contributed by atoms with E-state index in [2.05, 4.69) is 74.0 Å². The molecule has 0 spiro atoms. The summed E-state index contributed by atoms with van der Waals surface area (Å²) in [6.07, 6.45) is 7.78. The van der Waals surface area contributed by atoms with Crippen LogP contribution in [0.2, 0.25) is 0 Å². The molecule has 0 amide bonds. The molecule has 1 aromatic rings. The van der Waals surface area contributed by atoms with Gasteiger partial charge in [-0.3, -0.25) is 4.90 Å². The van der Waals surface area contributed by atoms with E-state index in [0.717, 1.165) is 25.3 Å². The van der Waals surface area contributed by atoms with Crippen molar-refractivity contribution in [1.29, 1.82) is 0 Å². The summed E-state index contributed by atoms with van der Waals surface area (Å²) in [6, 6.07) is 6.67. The largest absolute Gasteiger partial charge is 0.496 e. The fourth-order valence-electron chi connectivity index (χ4n) is 3.64. The summed E-state index contributed by atoms with van der Waals surface area (Å²) in [5.41, 5.74) is 2.60. The van der Waals surface area contributed by atoms with Crippen molar-refractivity contribution < 1.29 is 4.74 Å². The van der Waals surface area contributed by atoms with E-state index in [4.69, 9.17) is 4.74 Å². The molecule has 3 rings (SSSR count). The molecule has 1 fully saturated rings. The number of anilines is 1. The van der Waals surface area contributed by atoms with Gasteiger partial charge in [0.2, 0.25) is 0 Å². The lowest BCUT2D eigenvalue weighted by molar-refractivity contribution is 0.182. The monoisotopic (exact) mass is 344 g/mol. The number of benzene rings is 1. The van der Waals surface area contributed by atoms with Crippen molar-refractivity contribution in [2.24, 2.45) is 0 Å². The first-order valence-electron chi connectivity index (χ1n) is 8.75. The number of methoxy groups -OCH3 is 1. The van der Waals surface area contributed by atoms with Gasteiger partial charge in [0.1, 0.15) is 5.75 Å². The van der Waals surface area contributed by atoms with Crippen molar-refractivity contribution in [1.82, 2.24) is 4.90 Å². The Morgan fingerprint density at radius 1 is 1.33 bits per heavy atom. The number of hydrogen-bond donors (Lipinski definition) is 0. The van der Waals surface area contributed by atoms with Gasteiger partial charge in [-0.1, -0.05) is 24.3 Å². The van der Waals surface area contributed by atoms with E-state index in [0.29, 0.717) is 5.37 Å². The van der Waals surface area contributed by atoms with E-state index in [1.807, 2.05) is 11.8 Å². The number of thioether (sulfide) groups is 1. The van der Waals surface area contributed by atoms with Gasteiger partial charge in [-0.15, -0.1) is 11.8 Å². The van der Waals surface area contributed by atoms with Crippen LogP contribution in [-0.4, -0.2) is 37.7 Å². The highest BCUT2D eigenvalue weighted by Crippen LogP contribution is 2.56. The van der Waals surface area contributed by atoms with Crippen molar-refractivity contribution >= 4 is 17.4 Å². The number of nitrogens with zero attached hydrogens (tertiary/aromatic N) is 2. The van der Waals surface area contributed by atoms with E-state index < -0.39 is 0 Å². The van der Waals surface area contributed by atoms with Gasteiger partial charge in [0, 0.05) is 35.3 Å². The average Bonchev–Trinajstić information content (AvgIpc) is 2.87. The third kappa shape index (κ3) is 2.76. The van der Waals surface area contributed by atoms with Crippen LogP contribution in [0, 0.1) is 0 Å². The zero-order valence-electron chi connectivity index (χ0n) is 15.4. The van der Waals surface area contributed by atoms with Crippen molar-refractivity contribution in [2.45, 2.75) is 38.1 Å². The average molecular weight is 345 g/mol. The van der Waals surface area contributed by atoms with Crippen LogP contribution >= 0.6 is 11.8 Å². The fourth-order valence-corrected chi connectivity index (χ4v) is 5.23. The van der Waals surface area contributed by atoms with Crippen LogP contribution in [0.1, 0.15) is 38.1 Å². The molecule has 1 saturated heterocycles. The molecule has 2 atom stereocenters. The maximum Gasteiger partial charge on any atom is 0.126 e. The van der Waals surface area contributed by atoms with Crippen LogP contribution in [-0.2, 0) is 0 Å². The predicted octanol–water partition coefficient (Wildman–Crippen LogP) is 4.82. The first-order valence-corrected chi connectivity index (χ1v) is 9.62. The quantitative estimate of drug-likeness (QED) is 0.760. The molecule has 2 aliphatic rings. The topological polar surface area (TPSA) is 15.7 Å². The minimum Gasteiger partial charge on any atom is -0.496 e. The number of fused-ring (bicyclic) bond motifs is 1. The Morgan fingerprint density at radius 3 is 2.71 bits per heavy atom. The van der Waals surface area contributed by atoms with Crippen LogP contribution in [0.5, 0.6) is 5.75 Å². The van der Waals surface area contributed by atoms with E-state index in [-0.39, 0.29) is 5.54 Å². The van der Waals surface area contributed by atoms with Crippen LogP contribution in [0.25, 0.3) is 0 Å². The summed E-state index contributed by atoms with van der Waals surface area (Å²) in [5.74, 6) is 0.986. The molecule has 4 heteroatoms. The number of ether oxygens (including phenoxy) is 1. The molecule has 0 N–H and O–H groups in total. The van der Waals surface area contributed by atoms with Gasteiger partial charge < -0.3 is 9.64 Å². The molecule has 0 bridgehead atoms. The van der Waals surface area contributed by atoms with E-state index in [1.54, 1.807) is 7.11 Å². The van der Waals surface area contributed by atoms with E-state index in [1.165, 1.54) is 16.2 Å². The molecule has 1 aromatic carbocycles. The standard InChI is InChI=1S/C20H28N2OS/c1-6-22(7-2)15-11-12-16(17(14-15)23-5)19-21(4)20(3)13-9-8-10-18(20)24-19/h8-12,14,19H,6-7,13H2,1-5H3. The molecular weight excluding hydrogens is 316 g/mol. The van der Waals surface area contributed by atoms with Gasteiger partial charge in [0.15, 0.2) is 0 Å². The minimum absolute atomic E-state index is 0.104. The lowest BCUT2D eigenvalue weighted by Crippen LogP contribution is -2.40. The molecule has 1 aliphatic heterocycles. The lowest BCUT2D eigenvalue weighted by atomic mass is 9.91. The summed E-state index contributed by atoms with van der Waals surface area (Å²) in [5, 5.41) is 0.293. The number of hydrogen-bond acceptors (Lipinski definition) is 4. The highest BCUT2D eigenvalue weighted by Gasteiger charge is 2.46. The van der Waals surface area contributed by atoms with Crippen molar-refractivity contribution in [3.05, 3.63) is 46.9 Å². The Hall–Kier alpha value is -1.39. The number of likely N-dealkylation sites (N-methyl/N-ethyl adjacent to an activating group) is 1. The molecule has 0 saturated carbocycles. The third-order valence-electron chi connectivity index (χ3n) is 5.41. The van der Waals surface area contributed by atoms with Crippen LogP contribution < -0.4 is 9.64 Å². The van der Waals surface area contributed by atoms with Gasteiger partial charge in [0.25, 0.3) is 0 Å². The summed E-state index contributed by atoms with van der Waals surface area (Å²) >= 11 is 1.95. The van der Waals surface area contributed by atoms with Gasteiger partial charge >= 0.3 is 0 Å².